The summed E-state index contributed by atoms with van der Waals surface area (Å²) in [4.78, 5) is 1.98. The Morgan fingerprint density at radius 3 is 1.71 bits per heavy atom. The van der Waals surface area contributed by atoms with Crippen LogP contribution in [0.15, 0.2) is 66.7 Å². The highest BCUT2D eigenvalue weighted by Gasteiger charge is 2.24. The average Bonchev–Trinajstić information content (AvgIpc) is 2.78. The zero-order chi connectivity index (χ0) is 24.6. The minimum Gasteiger partial charge on any atom is -0.508 e. The zero-order valence-corrected chi connectivity index (χ0v) is 20.0. The van der Waals surface area contributed by atoms with Crippen molar-refractivity contribution in [2.75, 3.05) is 4.90 Å². The number of nitrogens with zero attached hydrogens (tertiary/aromatic N) is 1. The molecule has 0 aliphatic heterocycles. The first-order chi connectivity index (χ1) is 16.2. The Morgan fingerprint density at radius 1 is 0.588 bits per heavy atom. The lowest BCUT2D eigenvalue weighted by Gasteiger charge is -2.31. The highest BCUT2D eigenvalue weighted by atomic mass is 16.5. The van der Waals surface area contributed by atoms with E-state index >= 15 is 0 Å². The SMILES string of the molecule is Cc1cc(O)c(C)c(N(c2ccccc2Oc2c(C)cccc2O)c2cc(C)cc(O)c2C)c1. The van der Waals surface area contributed by atoms with Gasteiger partial charge in [-0.3, -0.25) is 0 Å². The predicted molar refractivity (Wildman–Crippen MR) is 136 cm³/mol. The number of anilines is 3. The normalized spacial score (nSPS) is 10.9. The van der Waals surface area contributed by atoms with Crippen LogP contribution in [-0.2, 0) is 0 Å². The highest BCUT2D eigenvalue weighted by Crippen LogP contribution is 2.48. The van der Waals surface area contributed by atoms with Crippen LogP contribution < -0.4 is 9.64 Å². The molecule has 4 aromatic rings. The number of aryl methyl sites for hydroxylation is 3. The smallest absolute Gasteiger partial charge is 0.172 e. The van der Waals surface area contributed by atoms with Gasteiger partial charge in [-0.05, 0) is 93.8 Å². The molecule has 0 heterocycles. The minimum absolute atomic E-state index is 0.0510. The molecule has 0 saturated carbocycles. The largest absolute Gasteiger partial charge is 0.508 e. The van der Waals surface area contributed by atoms with Crippen molar-refractivity contribution in [1.29, 1.82) is 0 Å². The van der Waals surface area contributed by atoms with Gasteiger partial charge in [0.05, 0.1) is 17.1 Å². The summed E-state index contributed by atoms with van der Waals surface area (Å²) in [5, 5.41) is 31.7. The van der Waals surface area contributed by atoms with Crippen molar-refractivity contribution in [3.8, 4) is 28.7 Å². The van der Waals surface area contributed by atoms with E-state index < -0.39 is 0 Å². The van der Waals surface area contributed by atoms with E-state index in [-0.39, 0.29) is 17.2 Å². The Balaban J connectivity index is 2.01. The van der Waals surface area contributed by atoms with E-state index in [9.17, 15) is 15.3 Å². The molecule has 0 aliphatic rings. The number of rotatable bonds is 5. The molecule has 0 radical (unpaired) electrons. The van der Waals surface area contributed by atoms with Crippen molar-refractivity contribution in [3.63, 3.8) is 0 Å². The number of ether oxygens (including phenoxy) is 1. The summed E-state index contributed by atoms with van der Waals surface area (Å²) in [6.07, 6.45) is 0. The Morgan fingerprint density at radius 2 is 1.15 bits per heavy atom. The number of hydrogen-bond donors (Lipinski definition) is 3. The Hall–Kier alpha value is -4.12. The van der Waals surface area contributed by atoms with Gasteiger partial charge < -0.3 is 25.0 Å². The van der Waals surface area contributed by atoms with Crippen LogP contribution >= 0.6 is 0 Å². The quantitative estimate of drug-likeness (QED) is 0.289. The first kappa shape index (κ1) is 23.1. The maximum absolute atomic E-state index is 10.6. The van der Waals surface area contributed by atoms with Gasteiger partial charge in [0.1, 0.15) is 11.5 Å². The molecule has 174 valence electrons. The number of hydrogen-bond acceptors (Lipinski definition) is 5. The van der Waals surface area contributed by atoms with Gasteiger partial charge >= 0.3 is 0 Å². The summed E-state index contributed by atoms with van der Waals surface area (Å²) in [6, 6.07) is 20.2. The lowest BCUT2D eigenvalue weighted by atomic mass is 10.0. The first-order valence-electron chi connectivity index (χ1n) is 11.1. The molecule has 0 spiro atoms. The average molecular weight is 456 g/mol. The summed E-state index contributed by atoms with van der Waals surface area (Å²) in [6.45, 7) is 9.45. The minimum atomic E-state index is 0.0510. The lowest BCUT2D eigenvalue weighted by molar-refractivity contribution is 0.409. The Labute approximate surface area is 200 Å². The van der Waals surface area contributed by atoms with E-state index in [0.717, 1.165) is 28.1 Å². The number of aromatic hydroxyl groups is 3. The number of benzene rings is 4. The summed E-state index contributed by atoms with van der Waals surface area (Å²) < 4.78 is 6.28. The van der Waals surface area contributed by atoms with E-state index in [1.54, 1.807) is 24.3 Å². The van der Waals surface area contributed by atoms with E-state index in [1.165, 1.54) is 0 Å². The van der Waals surface area contributed by atoms with Gasteiger partial charge in [-0.25, -0.2) is 0 Å². The molecule has 5 heteroatoms. The molecule has 0 aliphatic carbocycles. The molecule has 0 saturated heterocycles. The molecule has 0 amide bonds. The van der Waals surface area contributed by atoms with Crippen LogP contribution in [0.5, 0.6) is 28.7 Å². The molecule has 0 unspecified atom stereocenters. The van der Waals surface area contributed by atoms with Gasteiger partial charge in [0.15, 0.2) is 17.2 Å². The molecule has 0 fully saturated rings. The maximum atomic E-state index is 10.6. The van der Waals surface area contributed by atoms with Crippen LogP contribution in [0.3, 0.4) is 0 Å². The number of phenolic OH excluding ortho intramolecular Hbond substituents is 3. The molecule has 3 N–H and O–H groups in total. The van der Waals surface area contributed by atoms with Crippen LogP contribution in [-0.4, -0.2) is 15.3 Å². The molecular formula is C29H29NO4. The fourth-order valence-electron chi connectivity index (χ4n) is 4.10. The molecule has 0 bridgehead atoms. The van der Waals surface area contributed by atoms with E-state index in [0.29, 0.717) is 28.3 Å². The van der Waals surface area contributed by atoms with Crippen molar-refractivity contribution in [1.82, 2.24) is 0 Å². The summed E-state index contributed by atoms with van der Waals surface area (Å²) >= 11 is 0. The van der Waals surface area contributed by atoms with E-state index in [4.69, 9.17) is 4.74 Å². The summed E-state index contributed by atoms with van der Waals surface area (Å²) in [5.41, 5.74) is 6.20. The van der Waals surface area contributed by atoms with Crippen molar-refractivity contribution < 1.29 is 20.1 Å². The third kappa shape index (κ3) is 4.25. The van der Waals surface area contributed by atoms with Crippen molar-refractivity contribution >= 4 is 17.1 Å². The van der Waals surface area contributed by atoms with Crippen molar-refractivity contribution in [2.45, 2.75) is 34.6 Å². The van der Waals surface area contributed by atoms with Crippen LogP contribution in [0, 0.1) is 34.6 Å². The fourth-order valence-corrected chi connectivity index (χ4v) is 4.10. The molecular weight excluding hydrogens is 426 g/mol. The monoisotopic (exact) mass is 455 g/mol. The molecule has 4 aromatic carbocycles. The van der Waals surface area contributed by atoms with Gasteiger partial charge in [0.2, 0.25) is 0 Å². The molecule has 5 nitrogen and oxygen atoms in total. The van der Waals surface area contributed by atoms with E-state index in [1.807, 2.05) is 82.0 Å². The van der Waals surface area contributed by atoms with Gasteiger partial charge in [0, 0.05) is 11.1 Å². The standard InChI is InChI=1S/C29H29NO4/c1-17-13-23(20(4)26(32)15-17)30(24-14-18(2)16-27(33)21(24)5)22-10-6-7-12-28(22)34-29-19(3)9-8-11-25(29)31/h6-16,31-33H,1-5H3. The summed E-state index contributed by atoms with van der Waals surface area (Å²) in [5.74, 6) is 1.32. The third-order valence-corrected chi connectivity index (χ3v) is 5.99. The molecule has 0 atom stereocenters. The highest BCUT2D eigenvalue weighted by molar-refractivity contribution is 5.85. The van der Waals surface area contributed by atoms with Crippen LogP contribution in [0.1, 0.15) is 27.8 Å². The predicted octanol–water partition coefficient (Wildman–Crippen LogP) is 7.61. The van der Waals surface area contributed by atoms with Crippen molar-refractivity contribution in [2.24, 2.45) is 0 Å². The Bertz CT molecular complexity index is 1300. The second-order valence-corrected chi connectivity index (χ2v) is 8.68. The topological polar surface area (TPSA) is 73.2 Å². The second-order valence-electron chi connectivity index (χ2n) is 8.68. The third-order valence-electron chi connectivity index (χ3n) is 5.99. The molecule has 0 aromatic heterocycles. The molecule has 4 rings (SSSR count). The van der Waals surface area contributed by atoms with Gasteiger partial charge in [-0.2, -0.15) is 0 Å². The van der Waals surface area contributed by atoms with Crippen LogP contribution in [0.2, 0.25) is 0 Å². The van der Waals surface area contributed by atoms with E-state index in [2.05, 4.69) is 0 Å². The number of para-hydroxylation sites is 3. The first-order valence-corrected chi connectivity index (χ1v) is 11.1. The number of phenols is 3. The summed E-state index contributed by atoms with van der Waals surface area (Å²) in [7, 11) is 0. The van der Waals surface area contributed by atoms with Gasteiger partial charge in [0.25, 0.3) is 0 Å². The Kier molecular flexibility index (Phi) is 6.12. The van der Waals surface area contributed by atoms with Gasteiger partial charge in [-0.15, -0.1) is 0 Å². The van der Waals surface area contributed by atoms with Crippen LogP contribution in [0.4, 0.5) is 17.1 Å². The maximum Gasteiger partial charge on any atom is 0.172 e. The van der Waals surface area contributed by atoms with Crippen molar-refractivity contribution in [3.05, 3.63) is 94.5 Å². The second kappa shape index (κ2) is 9.02. The fraction of sp³-hybridized carbons (Fsp3) is 0.172. The zero-order valence-electron chi connectivity index (χ0n) is 20.0. The molecule has 34 heavy (non-hydrogen) atoms. The van der Waals surface area contributed by atoms with Crippen LogP contribution in [0.25, 0.3) is 0 Å². The lowest BCUT2D eigenvalue weighted by Crippen LogP contribution is -2.14. The van der Waals surface area contributed by atoms with Gasteiger partial charge in [-0.1, -0.05) is 24.3 Å².